The fraction of sp³-hybridized carbons (Fsp3) is 0.333. The summed E-state index contributed by atoms with van der Waals surface area (Å²) >= 11 is 6.14. The molecule has 0 aliphatic carbocycles. The average molecular weight is 306 g/mol. The van der Waals surface area contributed by atoms with Crippen molar-refractivity contribution in [2.45, 2.75) is 13.1 Å². The summed E-state index contributed by atoms with van der Waals surface area (Å²) in [5.74, 6) is -0.927. The van der Waals surface area contributed by atoms with E-state index in [1.807, 2.05) is 41.3 Å². The van der Waals surface area contributed by atoms with Gasteiger partial charge in [-0.25, -0.2) is 0 Å². The number of hydrogen-bond acceptors (Lipinski definition) is 3. The molecule has 1 aromatic carbocycles. The molecule has 1 saturated heterocycles. The third-order valence-corrected chi connectivity index (χ3v) is 4.06. The maximum absolute atomic E-state index is 10.8. The summed E-state index contributed by atoms with van der Waals surface area (Å²) in [6.45, 7) is 2.61. The maximum atomic E-state index is 10.8. The van der Waals surface area contributed by atoms with Gasteiger partial charge in [-0.3, -0.25) is 14.4 Å². The van der Waals surface area contributed by atoms with E-state index in [4.69, 9.17) is 16.7 Å². The van der Waals surface area contributed by atoms with E-state index in [9.17, 15) is 4.79 Å². The molecule has 110 valence electrons. The number of carbonyl (C=O) groups is 1. The van der Waals surface area contributed by atoms with Crippen LogP contribution in [0.4, 0.5) is 0 Å². The van der Waals surface area contributed by atoms with Gasteiger partial charge in [-0.15, -0.1) is 0 Å². The Hall–Kier alpha value is -1.85. The molecule has 0 bridgehead atoms. The summed E-state index contributed by atoms with van der Waals surface area (Å²) in [7, 11) is 0. The highest BCUT2D eigenvalue weighted by Crippen LogP contribution is 2.19. The average Bonchev–Trinajstić information content (AvgIpc) is 2.83. The monoisotopic (exact) mass is 305 g/mol. The van der Waals surface area contributed by atoms with E-state index in [1.54, 1.807) is 0 Å². The molecular weight excluding hydrogens is 290 g/mol. The first-order chi connectivity index (χ1) is 10.1. The van der Waals surface area contributed by atoms with E-state index >= 15 is 0 Å². The summed E-state index contributed by atoms with van der Waals surface area (Å²) in [6, 6.07) is 7.71. The molecule has 1 aliphatic heterocycles. The molecule has 1 aliphatic rings. The molecule has 1 N–H and O–H groups in total. The molecule has 1 aromatic heterocycles. The van der Waals surface area contributed by atoms with Gasteiger partial charge in [0.25, 0.3) is 0 Å². The smallest absolute Gasteiger partial charge is 0.309 e. The number of hydrogen-bond donors (Lipinski definition) is 1. The van der Waals surface area contributed by atoms with E-state index in [2.05, 4.69) is 10.00 Å². The molecule has 6 heteroatoms. The van der Waals surface area contributed by atoms with E-state index in [1.165, 1.54) is 0 Å². The van der Waals surface area contributed by atoms with Crippen LogP contribution in [0.1, 0.15) is 11.1 Å². The Kier molecular flexibility index (Phi) is 3.94. The lowest BCUT2D eigenvalue weighted by atomic mass is 10.0. The highest BCUT2D eigenvalue weighted by atomic mass is 35.5. The summed E-state index contributed by atoms with van der Waals surface area (Å²) in [4.78, 5) is 12.9. The molecule has 0 atom stereocenters. The van der Waals surface area contributed by atoms with Crippen molar-refractivity contribution < 1.29 is 9.90 Å². The number of carboxylic acid groups (broad SMARTS) is 1. The first kappa shape index (κ1) is 14.1. The molecule has 21 heavy (non-hydrogen) atoms. The van der Waals surface area contributed by atoms with Crippen LogP contribution in [0, 0.1) is 5.92 Å². The van der Waals surface area contributed by atoms with Gasteiger partial charge in [0.1, 0.15) is 0 Å². The second-order valence-corrected chi connectivity index (χ2v) is 5.77. The topological polar surface area (TPSA) is 58.4 Å². The first-order valence-electron chi connectivity index (χ1n) is 6.82. The maximum Gasteiger partial charge on any atom is 0.309 e. The SMILES string of the molecule is O=C(O)C1CN(Cc2cnn(Cc3ccccc3Cl)c2)C1. The number of benzene rings is 1. The van der Waals surface area contributed by atoms with Crippen LogP contribution in [0.5, 0.6) is 0 Å². The number of aliphatic carboxylic acids is 1. The fourth-order valence-electron chi connectivity index (χ4n) is 2.49. The lowest BCUT2D eigenvalue weighted by molar-refractivity contribution is -0.147. The number of nitrogens with zero attached hydrogens (tertiary/aromatic N) is 3. The van der Waals surface area contributed by atoms with Gasteiger partial charge >= 0.3 is 5.97 Å². The van der Waals surface area contributed by atoms with Gasteiger partial charge in [0.2, 0.25) is 0 Å². The van der Waals surface area contributed by atoms with Crippen LogP contribution in [0.15, 0.2) is 36.7 Å². The normalized spacial score (nSPS) is 15.9. The summed E-state index contributed by atoms with van der Waals surface area (Å²) in [5, 5.41) is 13.9. The first-order valence-corrected chi connectivity index (χ1v) is 7.19. The molecule has 0 saturated carbocycles. The number of halogens is 1. The Balaban J connectivity index is 1.57. The lowest BCUT2D eigenvalue weighted by Crippen LogP contribution is -2.49. The Labute approximate surface area is 127 Å². The lowest BCUT2D eigenvalue weighted by Gasteiger charge is -2.36. The van der Waals surface area contributed by atoms with Gasteiger partial charge in [0, 0.05) is 36.4 Å². The number of carboxylic acids is 1. The molecule has 5 nitrogen and oxygen atoms in total. The minimum Gasteiger partial charge on any atom is -0.481 e. The van der Waals surface area contributed by atoms with Crippen molar-refractivity contribution in [3.05, 3.63) is 52.8 Å². The van der Waals surface area contributed by atoms with E-state index in [0.717, 1.165) is 22.7 Å². The quantitative estimate of drug-likeness (QED) is 0.919. The zero-order valence-electron chi connectivity index (χ0n) is 11.4. The van der Waals surface area contributed by atoms with Crippen LogP contribution in [-0.2, 0) is 17.9 Å². The molecule has 3 rings (SSSR count). The van der Waals surface area contributed by atoms with Crippen molar-refractivity contribution in [1.29, 1.82) is 0 Å². The van der Waals surface area contributed by atoms with Crippen LogP contribution in [-0.4, -0.2) is 38.8 Å². The van der Waals surface area contributed by atoms with Gasteiger partial charge < -0.3 is 5.11 Å². The van der Waals surface area contributed by atoms with Crippen molar-refractivity contribution in [3.8, 4) is 0 Å². The Morgan fingerprint density at radius 2 is 2.10 bits per heavy atom. The molecular formula is C15H16ClN3O2. The number of rotatable bonds is 5. The molecule has 0 spiro atoms. The van der Waals surface area contributed by atoms with Crippen LogP contribution in [0.25, 0.3) is 0 Å². The standard InChI is InChI=1S/C15H16ClN3O2/c16-14-4-2-1-3-12(14)10-19-7-11(5-17-19)6-18-8-13(9-18)15(20)21/h1-5,7,13H,6,8-10H2,(H,20,21). The van der Waals surface area contributed by atoms with E-state index in [-0.39, 0.29) is 5.92 Å². The largest absolute Gasteiger partial charge is 0.481 e. The highest BCUT2D eigenvalue weighted by Gasteiger charge is 2.32. The number of likely N-dealkylation sites (tertiary alicyclic amines) is 1. The summed E-state index contributed by atoms with van der Waals surface area (Å²) in [5.41, 5.74) is 2.12. The molecule has 0 amide bonds. The molecule has 2 heterocycles. The van der Waals surface area contributed by atoms with Crippen molar-refractivity contribution >= 4 is 17.6 Å². The summed E-state index contributed by atoms with van der Waals surface area (Å²) < 4.78 is 1.85. The molecule has 1 fully saturated rings. The zero-order chi connectivity index (χ0) is 14.8. The van der Waals surface area contributed by atoms with Gasteiger partial charge in [0.15, 0.2) is 0 Å². The minimum atomic E-state index is -0.708. The number of aromatic nitrogens is 2. The van der Waals surface area contributed by atoms with Crippen molar-refractivity contribution in [1.82, 2.24) is 14.7 Å². The van der Waals surface area contributed by atoms with Crippen molar-refractivity contribution in [2.75, 3.05) is 13.1 Å². The predicted molar refractivity (Wildman–Crippen MR) is 79.2 cm³/mol. The fourth-order valence-corrected chi connectivity index (χ4v) is 2.68. The second-order valence-electron chi connectivity index (χ2n) is 5.37. The van der Waals surface area contributed by atoms with E-state index in [0.29, 0.717) is 19.6 Å². The molecule has 0 unspecified atom stereocenters. The van der Waals surface area contributed by atoms with Gasteiger partial charge in [0.05, 0.1) is 18.7 Å². The van der Waals surface area contributed by atoms with Gasteiger partial charge in [-0.2, -0.15) is 5.10 Å². The van der Waals surface area contributed by atoms with Crippen molar-refractivity contribution in [3.63, 3.8) is 0 Å². The Morgan fingerprint density at radius 1 is 1.33 bits per heavy atom. The Bertz CT molecular complexity index is 650. The summed E-state index contributed by atoms with van der Waals surface area (Å²) in [6.07, 6.45) is 3.81. The van der Waals surface area contributed by atoms with Crippen LogP contribution < -0.4 is 0 Å². The van der Waals surface area contributed by atoms with Crippen LogP contribution >= 0.6 is 11.6 Å². The van der Waals surface area contributed by atoms with E-state index < -0.39 is 5.97 Å². The molecule has 0 radical (unpaired) electrons. The third-order valence-electron chi connectivity index (χ3n) is 3.69. The van der Waals surface area contributed by atoms with Gasteiger partial charge in [-0.05, 0) is 11.6 Å². The van der Waals surface area contributed by atoms with Crippen molar-refractivity contribution in [2.24, 2.45) is 5.92 Å². The zero-order valence-corrected chi connectivity index (χ0v) is 12.2. The Morgan fingerprint density at radius 3 is 2.81 bits per heavy atom. The molecule has 2 aromatic rings. The minimum absolute atomic E-state index is 0.219. The predicted octanol–water partition coefficient (Wildman–Crippen LogP) is 2.10. The second kappa shape index (κ2) is 5.87. The van der Waals surface area contributed by atoms with Crippen LogP contribution in [0.2, 0.25) is 5.02 Å². The highest BCUT2D eigenvalue weighted by molar-refractivity contribution is 6.31. The van der Waals surface area contributed by atoms with Gasteiger partial charge in [-0.1, -0.05) is 29.8 Å². The third kappa shape index (κ3) is 3.25. The van der Waals surface area contributed by atoms with Crippen LogP contribution in [0.3, 0.4) is 0 Å².